The Labute approximate surface area is 167 Å². The Morgan fingerprint density at radius 2 is 2.18 bits per heavy atom. The van der Waals surface area contributed by atoms with Crippen LogP contribution in [0.2, 0.25) is 0 Å². The van der Waals surface area contributed by atoms with Crippen LogP contribution in [0.3, 0.4) is 0 Å². The molecule has 0 bridgehead atoms. The number of imidazole rings is 1. The first kappa shape index (κ1) is 18.8. The molecule has 28 heavy (non-hydrogen) atoms. The Bertz CT molecular complexity index is 971. The molecule has 3 heterocycles. The summed E-state index contributed by atoms with van der Waals surface area (Å²) in [5, 5.41) is 2.99. The number of methoxy groups -OCH3 is 1. The molecule has 1 aliphatic heterocycles. The zero-order valence-corrected chi connectivity index (χ0v) is 17.1. The van der Waals surface area contributed by atoms with Crippen molar-refractivity contribution in [3.63, 3.8) is 0 Å². The SMILES string of the molecule is COc1ccc(-n2c(N(C)C)nc3cc(C(=O)NCC4CCCO4)sc32)cc1. The average Bonchev–Trinajstić information content (AvgIpc) is 3.41. The van der Waals surface area contributed by atoms with E-state index in [1.807, 2.05) is 49.3 Å². The van der Waals surface area contributed by atoms with E-state index in [9.17, 15) is 4.79 Å². The average molecular weight is 401 g/mol. The number of fused-ring (bicyclic) bond motifs is 1. The molecule has 0 spiro atoms. The van der Waals surface area contributed by atoms with Crippen LogP contribution in [0, 0.1) is 0 Å². The standard InChI is InChI=1S/C20H24N4O3S/c1-23(2)20-22-16-11-17(18(25)21-12-15-5-4-10-27-15)28-19(16)24(20)13-6-8-14(26-3)9-7-13/h6-9,11,15H,4-5,10,12H2,1-3H3,(H,21,25). The van der Waals surface area contributed by atoms with Crippen LogP contribution in [0.4, 0.5) is 5.95 Å². The monoisotopic (exact) mass is 400 g/mol. The summed E-state index contributed by atoms with van der Waals surface area (Å²) in [5.74, 6) is 1.54. The fourth-order valence-corrected chi connectivity index (χ4v) is 4.37. The van der Waals surface area contributed by atoms with Crippen LogP contribution in [0.15, 0.2) is 30.3 Å². The van der Waals surface area contributed by atoms with Gasteiger partial charge < -0.3 is 19.7 Å². The number of benzene rings is 1. The van der Waals surface area contributed by atoms with Crippen LogP contribution in [-0.2, 0) is 4.74 Å². The topological polar surface area (TPSA) is 68.6 Å². The fourth-order valence-electron chi connectivity index (χ4n) is 3.34. The molecule has 1 aromatic carbocycles. The molecule has 1 amide bonds. The van der Waals surface area contributed by atoms with E-state index in [1.165, 1.54) is 11.3 Å². The summed E-state index contributed by atoms with van der Waals surface area (Å²) in [6, 6.07) is 9.68. The molecule has 3 aromatic rings. The van der Waals surface area contributed by atoms with Gasteiger partial charge in [-0.1, -0.05) is 0 Å². The summed E-state index contributed by atoms with van der Waals surface area (Å²) in [6.45, 7) is 1.34. The molecule has 0 aliphatic carbocycles. The van der Waals surface area contributed by atoms with Gasteiger partial charge in [0.05, 0.1) is 23.8 Å². The Hall–Kier alpha value is -2.58. The third-order valence-electron chi connectivity index (χ3n) is 4.79. The molecular weight excluding hydrogens is 376 g/mol. The van der Waals surface area contributed by atoms with Crippen LogP contribution in [0.5, 0.6) is 5.75 Å². The molecule has 1 aliphatic rings. The van der Waals surface area contributed by atoms with Crippen LogP contribution >= 0.6 is 11.3 Å². The van der Waals surface area contributed by atoms with Crippen molar-refractivity contribution in [2.75, 3.05) is 39.3 Å². The van der Waals surface area contributed by atoms with E-state index in [2.05, 4.69) is 9.88 Å². The largest absolute Gasteiger partial charge is 0.497 e. The van der Waals surface area contributed by atoms with Gasteiger partial charge in [0.25, 0.3) is 5.91 Å². The maximum Gasteiger partial charge on any atom is 0.261 e. The normalized spacial score (nSPS) is 16.5. The van der Waals surface area contributed by atoms with Gasteiger partial charge >= 0.3 is 0 Å². The number of aromatic nitrogens is 2. The molecule has 7 nitrogen and oxygen atoms in total. The quantitative estimate of drug-likeness (QED) is 0.689. The lowest BCUT2D eigenvalue weighted by Crippen LogP contribution is -2.31. The summed E-state index contributed by atoms with van der Waals surface area (Å²) in [4.78, 5) is 20.9. The maximum absolute atomic E-state index is 12.6. The second-order valence-corrected chi connectivity index (χ2v) is 8.02. The Morgan fingerprint density at radius 1 is 1.39 bits per heavy atom. The van der Waals surface area contributed by atoms with Crippen LogP contribution in [-0.4, -0.2) is 55.9 Å². The van der Waals surface area contributed by atoms with Crippen LogP contribution in [0.1, 0.15) is 22.5 Å². The first-order chi connectivity index (χ1) is 13.6. The number of nitrogens with one attached hydrogen (secondary N) is 1. The lowest BCUT2D eigenvalue weighted by Gasteiger charge is -2.15. The number of carbonyl (C=O) groups excluding carboxylic acids is 1. The Morgan fingerprint density at radius 3 is 2.82 bits per heavy atom. The molecule has 8 heteroatoms. The number of carbonyl (C=O) groups is 1. The molecule has 1 saturated heterocycles. The van der Waals surface area contributed by atoms with E-state index >= 15 is 0 Å². The molecule has 1 N–H and O–H groups in total. The van der Waals surface area contributed by atoms with Crippen molar-refractivity contribution in [2.45, 2.75) is 18.9 Å². The fraction of sp³-hybridized carbons (Fsp3) is 0.400. The van der Waals surface area contributed by atoms with Gasteiger partial charge in [0, 0.05) is 27.2 Å². The highest BCUT2D eigenvalue weighted by Gasteiger charge is 2.21. The van der Waals surface area contributed by atoms with E-state index in [4.69, 9.17) is 14.5 Å². The number of hydrogen-bond donors (Lipinski definition) is 1. The minimum absolute atomic E-state index is 0.0776. The number of hydrogen-bond acceptors (Lipinski definition) is 6. The second kappa shape index (κ2) is 7.81. The molecule has 0 radical (unpaired) electrons. The molecular formula is C20H24N4O3S. The van der Waals surface area contributed by atoms with Gasteiger partial charge in [-0.25, -0.2) is 4.98 Å². The molecule has 148 valence electrons. The van der Waals surface area contributed by atoms with Crippen molar-refractivity contribution in [3.8, 4) is 11.4 Å². The van der Waals surface area contributed by atoms with Crippen molar-refractivity contribution in [1.29, 1.82) is 0 Å². The Kier molecular flexibility index (Phi) is 5.23. The number of anilines is 1. The summed E-state index contributed by atoms with van der Waals surface area (Å²) in [5.41, 5.74) is 1.78. The van der Waals surface area contributed by atoms with Crippen LogP contribution in [0.25, 0.3) is 16.0 Å². The zero-order chi connectivity index (χ0) is 19.7. The van der Waals surface area contributed by atoms with Crippen molar-refractivity contribution in [3.05, 3.63) is 35.2 Å². The van der Waals surface area contributed by atoms with Gasteiger partial charge in [-0.2, -0.15) is 0 Å². The molecule has 1 atom stereocenters. The highest BCUT2D eigenvalue weighted by Crippen LogP contribution is 2.33. The predicted molar refractivity (Wildman–Crippen MR) is 111 cm³/mol. The number of rotatable bonds is 6. The lowest BCUT2D eigenvalue weighted by molar-refractivity contribution is 0.0861. The lowest BCUT2D eigenvalue weighted by atomic mass is 10.2. The van der Waals surface area contributed by atoms with E-state index in [-0.39, 0.29) is 12.0 Å². The smallest absolute Gasteiger partial charge is 0.261 e. The van der Waals surface area contributed by atoms with E-state index in [1.54, 1.807) is 7.11 Å². The molecule has 2 aromatic heterocycles. The van der Waals surface area contributed by atoms with Gasteiger partial charge in [-0.15, -0.1) is 11.3 Å². The van der Waals surface area contributed by atoms with Crippen LogP contribution < -0.4 is 15.0 Å². The molecule has 1 unspecified atom stereocenters. The second-order valence-electron chi connectivity index (χ2n) is 6.99. The van der Waals surface area contributed by atoms with Crippen molar-refractivity contribution in [1.82, 2.24) is 14.9 Å². The predicted octanol–water partition coefficient (Wildman–Crippen LogP) is 3.07. The third-order valence-corrected chi connectivity index (χ3v) is 5.89. The number of nitrogens with zero attached hydrogens (tertiary/aromatic N) is 3. The summed E-state index contributed by atoms with van der Waals surface area (Å²) < 4.78 is 12.9. The molecule has 1 fully saturated rings. The summed E-state index contributed by atoms with van der Waals surface area (Å²) in [7, 11) is 5.57. The van der Waals surface area contributed by atoms with E-state index < -0.39 is 0 Å². The zero-order valence-electron chi connectivity index (χ0n) is 16.3. The van der Waals surface area contributed by atoms with E-state index in [0.717, 1.165) is 47.2 Å². The minimum Gasteiger partial charge on any atom is -0.497 e. The van der Waals surface area contributed by atoms with Crippen molar-refractivity contribution in [2.24, 2.45) is 0 Å². The van der Waals surface area contributed by atoms with Gasteiger partial charge in [-0.3, -0.25) is 9.36 Å². The van der Waals surface area contributed by atoms with Gasteiger partial charge in [-0.05, 0) is 43.2 Å². The number of ether oxygens (including phenoxy) is 2. The first-order valence-corrected chi connectivity index (χ1v) is 10.1. The van der Waals surface area contributed by atoms with Crippen molar-refractivity contribution >= 4 is 33.5 Å². The number of amides is 1. The minimum atomic E-state index is -0.0776. The van der Waals surface area contributed by atoms with Gasteiger partial charge in [0.2, 0.25) is 5.95 Å². The maximum atomic E-state index is 12.6. The first-order valence-electron chi connectivity index (χ1n) is 9.30. The molecule has 0 saturated carbocycles. The Balaban J connectivity index is 1.65. The highest BCUT2D eigenvalue weighted by atomic mass is 32.1. The summed E-state index contributed by atoms with van der Waals surface area (Å²) in [6.07, 6.45) is 2.19. The third kappa shape index (κ3) is 3.57. The highest BCUT2D eigenvalue weighted by molar-refractivity contribution is 7.20. The molecule has 4 rings (SSSR count). The number of thiophene rings is 1. The summed E-state index contributed by atoms with van der Waals surface area (Å²) >= 11 is 1.45. The van der Waals surface area contributed by atoms with Gasteiger partial charge in [0.15, 0.2) is 0 Å². The van der Waals surface area contributed by atoms with Gasteiger partial charge in [0.1, 0.15) is 16.1 Å². The van der Waals surface area contributed by atoms with Crippen molar-refractivity contribution < 1.29 is 14.3 Å². The van der Waals surface area contributed by atoms with E-state index in [0.29, 0.717) is 11.4 Å².